The van der Waals surface area contributed by atoms with Gasteiger partial charge in [0.05, 0.1) is 11.1 Å². The van der Waals surface area contributed by atoms with Crippen LogP contribution in [-0.4, -0.2) is 28.1 Å². The standard InChI is InChI=1S/C11H9NO5/c12-9(13)5-8(11(16)17)6-1-3-7(4-2-6)10(14)15/h1-5H,(H2,12,13)(H,14,15)(H,16,17). The number of hydrogen-bond donors (Lipinski definition) is 3. The molecule has 0 aliphatic rings. The molecule has 0 aliphatic carbocycles. The Balaban J connectivity index is 3.17. The van der Waals surface area contributed by atoms with Crippen LogP contribution in [0.4, 0.5) is 0 Å². The second kappa shape index (κ2) is 4.93. The second-order valence-electron chi connectivity index (χ2n) is 3.15. The molecule has 0 heterocycles. The predicted molar refractivity (Wildman–Crippen MR) is 58.2 cm³/mol. The van der Waals surface area contributed by atoms with E-state index in [9.17, 15) is 14.4 Å². The maximum absolute atomic E-state index is 10.9. The molecule has 0 unspecified atom stereocenters. The van der Waals surface area contributed by atoms with E-state index in [1.54, 1.807) is 0 Å². The van der Waals surface area contributed by atoms with E-state index in [1.165, 1.54) is 24.3 Å². The average Bonchev–Trinajstić information content (AvgIpc) is 2.25. The highest BCUT2D eigenvalue weighted by Gasteiger charge is 2.12. The summed E-state index contributed by atoms with van der Waals surface area (Å²) in [6.45, 7) is 0. The van der Waals surface area contributed by atoms with Gasteiger partial charge in [0.1, 0.15) is 0 Å². The molecule has 0 aromatic heterocycles. The van der Waals surface area contributed by atoms with Crippen molar-refractivity contribution in [1.29, 1.82) is 0 Å². The van der Waals surface area contributed by atoms with E-state index in [4.69, 9.17) is 15.9 Å². The number of aromatic carboxylic acids is 1. The van der Waals surface area contributed by atoms with Gasteiger partial charge in [0, 0.05) is 6.08 Å². The normalized spacial score (nSPS) is 10.9. The fourth-order valence-electron chi connectivity index (χ4n) is 1.20. The first-order chi connectivity index (χ1) is 7.91. The number of aliphatic carboxylic acids is 1. The van der Waals surface area contributed by atoms with E-state index < -0.39 is 17.8 Å². The van der Waals surface area contributed by atoms with Crippen LogP contribution in [0.5, 0.6) is 0 Å². The molecular weight excluding hydrogens is 226 g/mol. The Bertz CT molecular complexity index is 501. The SMILES string of the molecule is NC(=O)C=C(C(=O)O)c1ccc(C(=O)O)cc1. The lowest BCUT2D eigenvalue weighted by molar-refractivity contribution is -0.130. The summed E-state index contributed by atoms with van der Waals surface area (Å²) in [5, 5.41) is 17.5. The molecule has 1 amide bonds. The van der Waals surface area contributed by atoms with Crippen molar-refractivity contribution in [3.05, 3.63) is 41.5 Å². The third kappa shape index (κ3) is 3.16. The van der Waals surface area contributed by atoms with Crippen LogP contribution in [0.2, 0.25) is 0 Å². The van der Waals surface area contributed by atoms with Crippen LogP contribution in [0.25, 0.3) is 5.57 Å². The van der Waals surface area contributed by atoms with Crippen LogP contribution in [0.3, 0.4) is 0 Å². The lowest BCUT2D eigenvalue weighted by Gasteiger charge is -2.02. The summed E-state index contributed by atoms with van der Waals surface area (Å²) in [6.07, 6.45) is 0.776. The molecule has 0 aliphatic heterocycles. The number of benzene rings is 1. The highest BCUT2D eigenvalue weighted by Crippen LogP contribution is 2.15. The van der Waals surface area contributed by atoms with E-state index in [1.807, 2.05) is 0 Å². The monoisotopic (exact) mass is 235 g/mol. The first kappa shape index (κ1) is 12.4. The van der Waals surface area contributed by atoms with Gasteiger partial charge in [-0.15, -0.1) is 0 Å². The molecule has 88 valence electrons. The van der Waals surface area contributed by atoms with Crippen molar-refractivity contribution in [2.75, 3.05) is 0 Å². The summed E-state index contributed by atoms with van der Waals surface area (Å²) in [4.78, 5) is 32.1. The fraction of sp³-hybridized carbons (Fsp3) is 0. The predicted octanol–water partition coefficient (Wildman–Crippen LogP) is 0.338. The van der Waals surface area contributed by atoms with Gasteiger partial charge in [0.25, 0.3) is 0 Å². The Hall–Kier alpha value is -2.63. The Kier molecular flexibility index (Phi) is 3.61. The first-order valence-electron chi connectivity index (χ1n) is 4.50. The fourth-order valence-corrected chi connectivity index (χ4v) is 1.20. The third-order valence-electron chi connectivity index (χ3n) is 1.96. The summed E-state index contributed by atoms with van der Waals surface area (Å²) < 4.78 is 0. The van der Waals surface area contributed by atoms with Crippen molar-refractivity contribution in [2.24, 2.45) is 5.73 Å². The van der Waals surface area contributed by atoms with Gasteiger partial charge in [0.2, 0.25) is 5.91 Å². The van der Waals surface area contributed by atoms with Crippen LogP contribution in [-0.2, 0) is 9.59 Å². The van der Waals surface area contributed by atoms with E-state index in [0.717, 1.165) is 6.08 Å². The number of primary amides is 1. The molecule has 1 aromatic rings. The summed E-state index contributed by atoms with van der Waals surface area (Å²) in [6, 6.07) is 5.09. The number of carboxylic acids is 2. The van der Waals surface area contributed by atoms with Crippen molar-refractivity contribution in [3.8, 4) is 0 Å². The second-order valence-corrected chi connectivity index (χ2v) is 3.15. The van der Waals surface area contributed by atoms with E-state index in [-0.39, 0.29) is 16.7 Å². The summed E-state index contributed by atoms with van der Waals surface area (Å²) >= 11 is 0. The minimum atomic E-state index is -1.31. The van der Waals surface area contributed by atoms with Crippen LogP contribution in [0.1, 0.15) is 15.9 Å². The van der Waals surface area contributed by atoms with E-state index in [2.05, 4.69) is 0 Å². The zero-order valence-corrected chi connectivity index (χ0v) is 8.58. The topological polar surface area (TPSA) is 118 Å². The molecule has 0 fully saturated rings. The zero-order valence-electron chi connectivity index (χ0n) is 8.58. The molecule has 0 bridgehead atoms. The highest BCUT2D eigenvalue weighted by molar-refractivity contribution is 6.20. The van der Waals surface area contributed by atoms with Crippen LogP contribution in [0.15, 0.2) is 30.3 Å². The van der Waals surface area contributed by atoms with Gasteiger partial charge in [-0.3, -0.25) is 4.79 Å². The van der Waals surface area contributed by atoms with Crippen molar-refractivity contribution in [1.82, 2.24) is 0 Å². The molecule has 6 nitrogen and oxygen atoms in total. The van der Waals surface area contributed by atoms with Crippen molar-refractivity contribution in [3.63, 3.8) is 0 Å². The maximum Gasteiger partial charge on any atom is 0.336 e. The summed E-state index contributed by atoms with van der Waals surface area (Å²) in [5.74, 6) is -3.32. The van der Waals surface area contributed by atoms with Gasteiger partial charge in [-0.25, -0.2) is 9.59 Å². The molecule has 0 spiro atoms. The number of carbonyl (C=O) groups excluding carboxylic acids is 1. The minimum Gasteiger partial charge on any atom is -0.478 e. The lowest BCUT2D eigenvalue weighted by atomic mass is 10.0. The minimum absolute atomic E-state index is 0.0255. The molecule has 0 saturated heterocycles. The average molecular weight is 235 g/mol. The first-order valence-corrected chi connectivity index (χ1v) is 4.50. The molecule has 0 atom stereocenters. The van der Waals surface area contributed by atoms with Crippen molar-refractivity contribution >= 4 is 23.4 Å². The van der Waals surface area contributed by atoms with Crippen LogP contribution in [0, 0.1) is 0 Å². The highest BCUT2D eigenvalue weighted by atomic mass is 16.4. The van der Waals surface area contributed by atoms with Crippen molar-refractivity contribution < 1.29 is 24.6 Å². The van der Waals surface area contributed by atoms with Crippen molar-refractivity contribution in [2.45, 2.75) is 0 Å². The van der Waals surface area contributed by atoms with Gasteiger partial charge >= 0.3 is 11.9 Å². The van der Waals surface area contributed by atoms with Crippen LogP contribution >= 0.6 is 0 Å². The maximum atomic E-state index is 10.9. The molecular formula is C11H9NO5. The van der Waals surface area contributed by atoms with Gasteiger partial charge in [-0.2, -0.15) is 0 Å². The molecule has 1 aromatic carbocycles. The lowest BCUT2D eigenvalue weighted by Crippen LogP contribution is -2.10. The molecule has 4 N–H and O–H groups in total. The third-order valence-corrected chi connectivity index (χ3v) is 1.96. The number of amides is 1. The number of nitrogens with two attached hydrogens (primary N) is 1. The van der Waals surface area contributed by atoms with Crippen LogP contribution < -0.4 is 5.73 Å². The molecule has 0 saturated carbocycles. The van der Waals surface area contributed by atoms with Gasteiger partial charge in [-0.05, 0) is 17.7 Å². The number of rotatable bonds is 4. The molecule has 0 radical (unpaired) electrons. The number of hydrogen-bond acceptors (Lipinski definition) is 3. The number of carboxylic acid groups (broad SMARTS) is 2. The summed E-state index contributed by atoms with van der Waals surface area (Å²) in [7, 11) is 0. The number of carbonyl (C=O) groups is 3. The smallest absolute Gasteiger partial charge is 0.336 e. The van der Waals surface area contributed by atoms with Gasteiger partial charge in [-0.1, -0.05) is 12.1 Å². The Morgan fingerprint density at radius 1 is 1.00 bits per heavy atom. The van der Waals surface area contributed by atoms with E-state index >= 15 is 0 Å². The molecule has 1 rings (SSSR count). The van der Waals surface area contributed by atoms with Gasteiger partial charge < -0.3 is 15.9 Å². The Morgan fingerprint density at radius 2 is 1.47 bits per heavy atom. The molecule has 17 heavy (non-hydrogen) atoms. The summed E-state index contributed by atoms with van der Waals surface area (Å²) in [5.41, 5.74) is 4.83. The van der Waals surface area contributed by atoms with E-state index in [0.29, 0.717) is 0 Å². The Labute approximate surface area is 96.0 Å². The zero-order chi connectivity index (χ0) is 13.0. The molecule has 6 heteroatoms. The Morgan fingerprint density at radius 3 is 1.82 bits per heavy atom. The largest absolute Gasteiger partial charge is 0.478 e. The van der Waals surface area contributed by atoms with Gasteiger partial charge in [0.15, 0.2) is 0 Å². The quantitative estimate of drug-likeness (QED) is 0.650.